The van der Waals surface area contributed by atoms with Gasteiger partial charge >= 0.3 is 0 Å². The summed E-state index contributed by atoms with van der Waals surface area (Å²) in [6.07, 6.45) is 6.66. The first-order valence-electron chi connectivity index (χ1n) is 7.97. The van der Waals surface area contributed by atoms with Crippen LogP contribution in [0.2, 0.25) is 0 Å². The molecular formula is C17H25N3O. The lowest BCUT2D eigenvalue weighted by Crippen LogP contribution is -2.15. The van der Waals surface area contributed by atoms with E-state index in [-0.39, 0.29) is 0 Å². The molecule has 1 saturated carbocycles. The number of nitrogen functional groups attached to an aromatic ring is 1. The summed E-state index contributed by atoms with van der Waals surface area (Å²) in [6.45, 7) is 3.32. The number of rotatable bonds is 4. The van der Waals surface area contributed by atoms with Gasteiger partial charge in [0.1, 0.15) is 11.3 Å². The molecule has 4 heteroatoms. The van der Waals surface area contributed by atoms with Crippen molar-refractivity contribution in [1.82, 2.24) is 9.55 Å². The molecule has 4 nitrogen and oxygen atoms in total. The van der Waals surface area contributed by atoms with Crippen LogP contribution in [0.15, 0.2) is 18.2 Å². The van der Waals surface area contributed by atoms with Crippen LogP contribution in [0, 0.1) is 11.8 Å². The van der Waals surface area contributed by atoms with Crippen molar-refractivity contribution in [3.63, 3.8) is 0 Å². The Labute approximate surface area is 126 Å². The zero-order valence-corrected chi connectivity index (χ0v) is 13.0. The molecule has 1 heterocycles. The second-order valence-corrected chi connectivity index (χ2v) is 6.36. The number of aromatic nitrogens is 2. The topological polar surface area (TPSA) is 53.1 Å². The van der Waals surface area contributed by atoms with Crippen LogP contribution in [0.5, 0.6) is 5.75 Å². The van der Waals surface area contributed by atoms with Gasteiger partial charge in [0.15, 0.2) is 0 Å². The summed E-state index contributed by atoms with van der Waals surface area (Å²) < 4.78 is 7.51. The average Bonchev–Trinajstić information content (AvgIpc) is 2.82. The molecule has 2 N–H and O–H groups in total. The van der Waals surface area contributed by atoms with E-state index in [1.165, 1.54) is 32.1 Å². The summed E-state index contributed by atoms with van der Waals surface area (Å²) in [4.78, 5) is 4.48. The monoisotopic (exact) mass is 287 g/mol. The van der Waals surface area contributed by atoms with Crippen LogP contribution in [0.3, 0.4) is 0 Å². The maximum Gasteiger partial charge on any atom is 0.201 e. The first-order valence-corrected chi connectivity index (χ1v) is 7.97. The van der Waals surface area contributed by atoms with Crippen LogP contribution in [0.4, 0.5) is 5.95 Å². The van der Waals surface area contributed by atoms with Crippen molar-refractivity contribution in [2.45, 2.75) is 45.6 Å². The Bertz CT molecular complexity index is 612. The van der Waals surface area contributed by atoms with Crippen LogP contribution >= 0.6 is 0 Å². The Balaban J connectivity index is 1.76. The van der Waals surface area contributed by atoms with Gasteiger partial charge in [-0.3, -0.25) is 0 Å². The molecule has 1 aromatic carbocycles. The number of imidazole rings is 1. The second kappa shape index (κ2) is 5.96. The van der Waals surface area contributed by atoms with Crippen molar-refractivity contribution in [2.24, 2.45) is 11.8 Å². The number of para-hydroxylation sites is 1. The fraction of sp³-hybridized carbons (Fsp3) is 0.588. The number of benzene rings is 1. The molecular weight excluding hydrogens is 262 g/mol. The quantitative estimate of drug-likeness (QED) is 0.929. The van der Waals surface area contributed by atoms with E-state index in [0.717, 1.165) is 35.2 Å². The zero-order chi connectivity index (χ0) is 14.8. The second-order valence-electron chi connectivity index (χ2n) is 6.36. The molecule has 0 unspecified atom stereocenters. The third-order valence-corrected chi connectivity index (χ3v) is 4.89. The Kier molecular flexibility index (Phi) is 4.04. The first-order chi connectivity index (χ1) is 10.2. The van der Waals surface area contributed by atoms with Gasteiger partial charge in [-0.2, -0.15) is 0 Å². The van der Waals surface area contributed by atoms with Gasteiger partial charge in [0.2, 0.25) is 5.95 Å². The molecule has 0 atom stereocenters. The van der Waals surface area contributed by atoms with E-state index in [9.17, 15) is 0 Å². The molecule has 0 radical (unpaired) electrons. The summed E-state index contributed by atoms with van der Waals surface area (Å²) >= 11 is 0. The maximum atomic E-state index is 6.11. The molecule has 1 fully saturated rings. The minimum absolute atomic E-state index is 0.596. The van der Waals surface area contributed by atoms with E-state index in [0.29, 0.717) is 5.95 Å². The largest absolute Gasteiger partial charge is 0.494 e. The molecule has 0 aliphatic heterocycles. The molecule has 114 valence electrons. The normalized spacial score (nSPS) is 22.6. The van der Waals surface area contributed by atoms with Crippen LogP contribution in [0.25, 0.3) is 11.0 Å². The number of nitrogens with two attached hydrogens (primary N) is 1. The van der Waals surface area contributed by atoms with Crippen molar-refractivity contribution in [3.05, 3.63) is 18.2 Å². The maximum absolute atomic E-state index is 6.11. The van der Waals surface area contributed by atoms with Gasteiger partial charge in [0, 0.05) is 6.54 Å². The Morgan fingerprint density at radius 3 is 2.76 bits per heavy atom. The third kappa shape index (κ3) is 2.85. The van der Waals surface area contributed by atoms with E-state index in [1.807, 2.05) is 12.1 Å². The van der Waals surface area contributed by atoms with Gasteiger partial charge in [-0.05, 0) is 30.4 Å². The van der Waals surface area contributed by atoms with E-state index >= 15 is 0 Å². The summed E-state index contributed by atoms with van der Waals surface area (Å²) in [5.41, 5.74) is 8.06. The molecule has 0 bridgehead atoms. The summed E-state index contributed by atoms with van der Waals surface area (Å²) in [5, 5.41) is 0. The Morgan fingerprint density at radius 1 is 1.29 bits per heavy atom. The van der Waals surface area contributed by atoms with Crippen molar-refractivity contribution in [1.29, 1.82) is 0 Å². The van der Waals surface area contributed by atoms with Crippen molar-refractivity contribution >= 4 is 17.0 Å². The van der Waals surface area contributed by atoms with Crippen LogP contribution in [-0.2, 0) is 6.54 Å². The number of aryl methyl sites for hydroxylation is 1. The Morgan fingerprint density at radius 2 is 2.05 bits per heavy atom. The van der Waals surface area contributed by atoms with Gasteiger partial charge in [-0.25, -0.2) is 4.98 Å². The highest BCUT2D eigenvalue weighted by molar-refractivity contribution is 5.84. The van der Waals surface area contributed by atoms with Crippen LogP contribution < -0.4 is 10.5 Å². The summed E-state index contributed by atoms with van der Waals surface area (Å²) in [7, 11) is 1.67. The molecule has 3 rings (SSSR count). The lowest BCUT2D eigenvalue weighted by Gasteiger charge is -2.26. The molecule has 1 aliphatic rings. The van der Waals surface area contributed by atoms with Gasteiger partial charge < -0.3 is 15.0 Å². The summed E-state index contributed by atoms with van der Waals surface area (Å²) in [5.74, 6) is 3.14. The van der Waals surface area contributed by atoms with E-state index in [4.69, 9.17) is 10.5 Å². The van der Waals surface area contributed by atoms with E-state index < -0.39 is 0 Å². The standard InChI is InChI=1S/C17H25N3O/c1-12-6-8-13(9-7-12)10-11-20-14-4-3-5-15(21-2)16(14)19-17(20)18/h3-5,12-13H,6-11H2,1-2H3,(H2,18,19). The molecule has 0 saturated heterocycles. The highest BCUT2D eigenvalue weighted by Crippen LogP contribution is 2.32. The van der Waals surface area contributed by atoms with Crippen molar-refractivity contribution < 1.29 is 4.74 Å². The number of nitrogens with zero attached hydrogens (tertiary/aromatic N) is 2. The molecule has 1 aromatic heterocycles. The SMILES string of the molecule is COc1cccc2c1nc(N)n2CCC1CCC(C)CC1. The Hall–Kier alpha value is -1.71. The van der Waals surface area contributed by atoms with Gasteiger partial charge in [-0.15, -0.1) is 0 Å². The fourth-order valence-corrected chi connectivity index (χ4v) is 3.47. The number of anilines is 1. The smallest absolute Gasteiger partial charge is 0.201 e. The van der Waals surface area contributed by atoms with Gasteiger partial charge in [-0.1, -0.05) is 38.7 Å². The number of methoxy groups -OCH3 is 1. The predicted molar refractivity (Wildman–Crippen MR) is 86.4 cm³/mol. The number of fused-ring (bicyclic) bond motifs is 1. The first kappa shape index (κ1) is 14.2. The number of hydrogen-bond acceptors (Lipinski definition) is 3. The molecule has 0 amide bonds. The minimum Gasteiger partial charge on any atom is -0.494 e. The molecule has 1 aliphatic carbocycles. The average molecular weight is 287 g/mol. The van der Waals surface area contributed by atoms with Crippen LogP contribution in [0.1, 0.15) is 39.0 Å². The van der Waals surface area contributed by atoms with Crippen molar-refractivity contribution in [3.8, 4) is 5.75 Å². The van der Waals surface area contributed by atoms with E-state index in [1.54, 1.807) is 7.11 Å². The highest BCUT2D eigenvalue weighted by atomic mass is 16.5. The lowest BCUT2D eigenvalue weighted by molar-refractivity contribution is 0.270. The third-order valence-electron chi connectivity index (χ3n) is 4.89. The number of ether oxygens (including phenoxy) is 1. The number of hydrogen-bond donors (Lipinski definition) is 1. The molecule has 0 spiro atoms. The highest BCUT2D eigenvalue weighted by Gasteiger charge is 2.19. The molecule has 21 heavy (non-hydrogen) atoms. The lowest BCUT2D eigenvalue weighted by atomic mass is 9.81. The van der Waals surface area contributed by atoms with E-state index in [2.05, 4.69) is 22.5 Å². The minimum atomic E-state index is 0.596. The zero-order valence-electron chi connectivity index (χ0n) is 13.0. The van der Waals surface area contributed by atoms with Gasteiger partial charge in [0.25, 0.3) is 0 Å². The van der Waals surface area contributed by atoms with Gasteiger partial charge in [0.05, 0.1) is 12.6 Å². The fourth-order valence-electron chi connectivity index (χ4n) is 3.47. The molecule has 2 aromatic rings. The summed E-state index contributed by atoms with van der Waals surface area (Å²) in [6, 6.07) is 6.01. The predicted octanol–water partition coefficient (Wildman–Crippen LogP) is 3.84. The van der Waals surface area contributed by atoms with Crippen LogP contribution in [-0.4, -0.2) is 16.7 Å². The van der Waals surface area contributed by atoms with Crippen molar-refractivity contribution in [2.75, 3.05) is 12.8 Å².